The molecule has 2 amide bonds. The van der Waals surface area contributed by atoms with Crippen LogP contribution in [0, 0.1) is 0 Å². The zero-order chi connectivity index (χ0) is 21.0. The Bertz CT molecular complexity index is 986. The molecule has 3 N–H and O–H groups in total. The molecule has 1 fully saturated rings. The molecular formula is C19H20ClN3O5S. The molecule has 0 saturated carbocycles. The van der Waals surface area contributed by atoms with Crippen LogP contribution < -0.4 is 10.6 Å². The van der Waals surface area contributed by atoms with Crippen LogP contribution in [0.5, 0.6) is 0 Å². The third kappa shape index (κ3) is 5.26. The van der Waals surface area contributed by atoms with Crippen molar-refractivity contribution < 1.29 is 23.1 Å². The number of aromatic carboxylic acids is 1. The fourth-order valence-electron chi connectivity index (χ4n) is 3.04. The van der Waals surface area contributed by atoms with Gasteiger partial charge in [-0.25, -0.2) is 18.0 Å². The zero-order valence-electron chi connectivity index (χ0n) is 15.3. The highest BCUT2D eigenvalue weighted by molar-refractivity contribution is 7.89. The molecule has 0 bridgehead atoms. The lowest BCUT2D eigenvalue weighted by Gasteiger charge is -2.31. The van der Waals surface area contributed by atoms with Crippen molar-refractivity contribution in [1.29, 1.82) is 0 Å². The number of anilines is 1. The van der Waals surface area contributed by atoms with Crippen LogP contribution in [0.4, 0.5) is 10.5 Å². The van der Waals surface area contributed by atoms with E-state index in [-0.39, 0.29) is 35.6 Å². The summed E-state index contributed by atoms with van der Waals surface area (Å²) in [5, 5.41) is 15.1. The molecule has 2 aromatic carbocycles. The van der Waals surface area contributed by atoms with Crippen LogP contribution in [-0.4, -0.2) is 49.0 Å². The number of nitrogens with one attached hydrogen (secondary N) is 2. The average molecular weight is 438 g/mol. The van der Waals surface area contributed by atoms with Gasteiger partial charge in [0.2, 0.25) is 10.0 Å². The van der Waals surface area contributed by atoms with Crippen molar-refractivity contribution >= 4 is 39.3 Å². The number of hydrogen-bond donors (Lipinski definition) is 3. The van der Waals surface area contributed by atoms with Crippen molar-refractivity contribution in [2.45, 2.75) is 23.8 Å². The zero-order valence-corrected chi connectivity index (χ0v) is 16.9. The summed E-state index contributed by atoms with van der Waals surface area (Å²) in [6.45, 7) is 0.518. The van der Waals surface area contributed by atoms with Crippen LogP contribution in [0.25, 0.3) is 0 Å². The predicted molar refractivity (Wildman–Crippen MR) is 109 cm³/mol. The second-order valence-electron chi connectivity index (χ2n) is 6.61. The Labute approximate surface area is 173 Å². The van der Waals surface area contributed by atoms with Gasteiger partial charge in [-0.15, -0.1) is 0 Å². The van der Waals surface area contributed by atoms with Crippen molar-refractivity contribution in [3.05, 3.63) is 59.1 Å². The van der Waals surface area contributed by atoms with Crippen LogP contribution in [0.3, 0.4) is 0 Å². The van der Waals surface area contributed by atoms with Crippen molar-refractivity contribution in [3.8, 4) is 0 Å². The summed E-state index contributed by atoms with van der Waals surface area (Å²) in [5.74, 6) is -1.11. The van der Waals surface area contributed by atoms with Crippen molar-refractivity contribution in [2.24, 2.45) is 0 Å². The van der Waals surface area contributed by atoms with Gasteiger partial charge in [-0.05, 0) is 61.4 Å². The third-order valence-electron chi connectivity index (χ3n) is 4.63. The molecule has 1 heterocycles. The lowest BCUT2D eigenvalue weighted by Crippen LogP contribution is -2.47. The van der Waals surface area contributed by atoms with Gasteiger partial charge < -0.3 is 15.7 Å². The molecule has 1 aliphatic heterocycles. The Balaban J connectivity index is 1.54. The first-order valence-corrected chi connectivity index (χ1v) is 10.7. The molecule has 0 radical (unpaired) electrons. The minimum Gasteiger partial charge on any atom is -0.478 e. The normalized spacial score (nSPS) is 15.6. The van der Waals surface area contributed by atoms with Gasteiger partial charge in [0.25, 0.3) is 0 Å². The number of halogens is 1. The summed E-state index contributed by atoms with van der Waals surface area (Å²) in [6.07, 6.45) is 0.945. The van der Waals surface area contributed by atoms with E-state index in [1.54, 1.807) is 24.3 Å². The van der Waals surface area contributed by atoms with Gasteiger partial charge in [-0.3, -0.25) is 0 Å². The summed E-state index contributed by atoms with van der Waals surface area (Å²) in [7, 11) is -3.71. The summed E-state index contributed by atoms with van der Waals surface area (Å²) < 4.78 is 26.8. The van der Waals surface area contributed by atoms with Crippen molar-refractivity contribution in [2.75, 3.05) is 18.4 Å². The van der Waals surface area contributed by atoms with Gasteiger partial charge in [0.15, 0.2) is 0 Å². The van der Waals surface area contributed by atoms with Crippen molar-refractivity contribution in [1.82, 2.24) is 9.62 Å². The quantitative estimate of drug-likeness (QED) is 0.664. The molecule has 29 heavy (non-hydrogen) atoms. The largest absolute Gasteiger partial charge is 0.478 e. The van der Waals surface area contributed by atoms with Gasteiger partial charge >= 0.3 is 12.0 Å². The number of hydrogen-bond acceptors (Lipinski definition) is 4. The van der Waals surface area contributed by atoms with E-state index in [1.165, 1.54) is 28.6 Å². The maximum absolute atomic E-state index is 12.7. The van der Waals surface area contributed by atoms with Crippen LogP contribution in [-0.2, 0) is 10.0 Å². The van der Waals surface area contributed by atoms with E-state index in [0.29, 0.717) is 23.6 Å². The fraction of sp³-hybridized carbons (Fsp3) is 0.263. The molecule has 1 saturated heterocycles. The highest BCUT2D eigenvalue weighted by Gasteiger charge is 2.30. The second-order valence-corrected chi connectivity index (χ2v) is 8.99. The average Bonchev–Trinajstić information content (AvgIpc) is 2.70. The highest BCUT2D eigenvalue weighted by Crippen LogP contribution is 2.21. The lowest BCUT2D eigenvalue weighted by atomic mass is 10.1. The van der Waals surface area contributed by atoms with Crippen LogP contribution in [0.15, 0.2) is 53.4 Å². The molecular weight excluding hydrogens is 418 g/mol. The third-order valence-corrected chi connectivity index (χ3v) is 6.80. The van der Waals surface area contributed by atoms with Crippen LogP contribution in [0.2, 0.25) is 5.02 Å². The number of carbonyl (C=O) groups excluding carboxylic acids is 1. The first-order valence-electron chi connectivity index (χ1n) is 8.92. The molecule has 8 nitrogen and oxygen atoms in total. The Morgan fingerprint density at radius 1 is 1.00 bits per heavy atom. The SMILES string of the molecule is O=C(Nc1ccc(Cl)cc1)NC1CCN(S(=O)(=O)c2ccc(C(=O)O)cc2)CC1. The number of sulfonamides is 1. The van der Waals surface area contributed by atoms with Gasteiger partial charge in [-0.2, -0.15) is 4.31 Å². The molecule has 1 aliphatic rings. The summed E-state index contributed by atoms with van der Waals surface area (Å²) in [6, 6.07) is 11.3. The topological polar surface area (TPSA) is 116 Å². The standard InChI is InChI=1S/C19H20ClN3O5S/c20-14-3-5-15(6-4-14)21-19(26)22-16-9-11-23(12-10-16)29(27,28)17-7-1-13(2-8-17)18(24)25/h1-8,16H,9-12H2,(H,24,25)(H2,21,22,26). The first kappa shape index (κ1) is 21.1. The monoisotopic (exact) mass is 437 g/mol. The van der Waals surface area contributed by atoms with E-state index in [4.69, 9.17) is 16.7 Å². The Morgan fingerprint density at radius 3 is 2.14 bits per heavy atom. The lowest BCUT2D eigenvalue weighted by molar-refractivity contribution is 0.0696. The highest BCUT2D eigenvalue weighted by atomic mass is 35.5. The summed E-state index contributed by atoms with van der Waals surface area (Å²) >= 11 is 5.81. The Kier molecular flexibility index (Phi) is 6.41. The molecule has 10 heteroatoms. The number of carboxylic acids is 1. The van der Waals surface area contributed by atoms with E-state index < -0.39 is 16.0 Å². The number of urea groups is 1. The minimum atomic E-state index is -3.71. The molecule has 0 atom stereocenters. The maximum Gasteiger partial charge on any atom is 0.335 e. The molecule has 154 valence electrons. The summed E-state index contributed by atoms with van der Waals surface area (Å²) in [5.41, 5.74) is 0.635. The summed E-state index contributed by atoms with van der Waals surface area (Å²) in [4.78, 5) is 23.1. The number of amides is 2. The number of piperidine rings is 1. The van der Waals surface area contributed by atoms with Crippen LogP contribution in [0.1, 0.15) is 23.2 Å². The Morgan fingerprint density at radius 2 is 1.59 bits per heavy atom. The second kappa shape index (κ2) is 8.81. The fourth-order valence-corrected chi connectivity index (χ4v) is 4.64. The molecule has 0 aromatic heterocycles. The first-order chi connectivity index (χ1) is 13.8. The van der Waals surface area contributed by atoms with E-state index in [9.17, 15) is 18.0 Å². The number of carbonyl (C=O) groups is 2. The number of nitrogens with zero attached hydrogens (tertiary/aromatic N) is 1. The molecule has 0 unspecified atom stereocenters. The number of carboxylic acid groups (broad SMARTS) is 1. The van der Waals surface area contributed by atoms with Gasteiger partial charge in [0.05, 0.1) is 10.5 Å². The van der Waals surface area contributed by atoms with E-state index in [2.05, 4.69) is 10.6 Å². The Hall–Kier alpha value is -2.62. The molecule has 0 aliphatic carbocycles. The van der Waals surface area contributed by atoms with Gasteiger partial charge in [0.1, 0.15) is 0 Å². The predicted octanol–water partition coefficient (Wildman–Crippen LogP) is 3.01. The van der Waals surface area contributed by atoms with Crippen LogP contribution >= 0.6 is 11.6 Å². The van der Waals surface area contributed by atoms with Crippen molar-refractivity contribution in [3.63, 3.8) is 0 Å². The maximum atomic E-state index is 12.7. The molecule has 3 rings (SSSR count). The smallest absolute Gasteiger partial charge is 0.335 e. The van der Waals surface area contributed by atoms with Gasteiger partial charge in [0, 0.05) is 29.8 Å². The number of rotatable bonds is 5. The molecule has 0 spiro atoms. The number of benzene rings is 2. The van der Waals surface area contributed by atoms with E-state index >= 15 is 0 Å². The van der Waals surface area contributed by atoms with E-state index in [0.717, 1.165) is 0 Å². The van der Waals surface area contributed by atoms with E-state index in [1.807, 2.05) is 0 Å². The van der Waals surface area contributed by atoms with Gasteiger partial charge in [-0.1, -0.05) is 11.6 Å². The minimum absolute atomic E-state index is 0.0264. The molecule has 2 aromatic rings.